The SMILES string of the molecule is CC(C)CN(C(=O)c1ccc(N2CCCCC2)c([N+](=O)[O-])c1)[C@@H]1CCS(=O)(=O)C1. The zero-order valence-corrected chi connectivity index (χ0v) is 17.9. The molecule has 2 fully saturated rings. The summed E-state index contributed by atoms with van der Waals surface area (Å²) in [4.78, 5) is 28.1. The quantitative estimate of drug-likeness (QED) is 0.515. The highest BCUT2D eigenvalue weighted by Crippen LogP contribution is 2.32. The van der Waals surface area contributed by atoms with Crippen LogP contribution in [0.15, 0.2) is 18.2 Å². The van der Waals surface area contributed by atoms with E-state index in [1.54, 1.807) is 17.0 Å². The summed E-state index contributed by atoms with van der Waals surface area (Å²) in [6.07, 6.45) is 3.52. The first kappa shape index (κ1) is 21.5. The van der Waals surface area contributed by atoms with Crippen molar-refractivity contribution in [3.63, 3.8) is 0 Å². The third-order valence-corrected chi connectivity index (χ3v) is 7.34. The number of benzene rings is 1. The third kappa shape index (κ3) is 5.07. The van der Waals surface area contributed by atoms with Gasteiger partial charge in [-0.3, -0.25) is 14.9 Å². The molecular formula is C20H29N3O5S. The molecule has 2 heterocycles. The number of nitro benzene ring substituents is 1. The van der Waals surface area contributed by atoms with E-state index in [2.05, 4.69) is 0 Å². The van der Waals surface area contributed by atoms with Crippen LogP contribution in [0.1, 0.15) is 49.9 Å². The van der Waals surface area contributed by atoms with Crippen LogP contribution in [-0.2, 0) is 9.84 Å². The van der Waals surface area contributed by atoms with E-state index in [4.69, 9.17) is 0 Å². The van der Waals surface area contributed by atoms with Gasteiger partial charge in [0.15, 0.2) is 9.84 Å². The van der Waals surface area contributed by atoms with Crippen molar-refractivity contribution in [3.8, 4) is 0 Å². The van der Waals surface area contributed by atoms with E-state index in [-0.39, 0.29) is 40.6 Å². The maximum absolute atomic E-state index is 13.2. The first-order chi connectivity index (χ1) is 13.7. The Morgan fingerprint density at radius 1 is 1.28 bits per heavy atom. The van der Waals surface area contributed by atoms with Crippen molar-refractivity contribution in [2.45, 2.75) is 45.6 Å². The van der Waals surface area contributed by atoms with Crippen LogP contribution >= 0.6 is 0 Å². The molecule has 0 saturated carbocycles. The molecule has 0 spiro atoms. The van der Waals surface area contributed by atoms with Gasteiger partial charge in [0.05, 0.1) is 16.4 Å². The van der Waals surface area contributed by atoms with E-state index in [1.165, 1.54) is 6.07 Å². The second-order valence-electron chi connectivity index (χ2n) is 8.42. The summed E-state index contributed by atoms with van der Waals surface area (Å²) in [6.45, 7) is 5.89. The van der Waals surface area contributed by atoms with Crippen LogP contribution in [0.3, 0.4) is 0 Å². The van der Waals surface area contributed by atoms with Gasteiger partial charge in [0.25, 0.3) is 11.6 Å². The summed E-state index contributed by atoms with van der Waals surface area (Å²) in [5.41, 5.74) is 0.716. The Labute approximate surface area is 171 Å². The highest BCUT2D eigenvalue weighted by Gasteiger charge is 2.36. The summed E-state index contributed by atoms with van der Waals surface area (Å²) in [7, 11) is -3.14. The summed E-state index contributed by atoms with van der Waals surface area (Å²) in [5.74, 6) is -0.147. The lowest BCUT2D eigenvalue weighted by atomic mass is 10.1. The zero-order chi connectivity index (χ0) is 21.2. The number of hydrogen-bond acceptors (Lipinski definition) is 6. The summed E-state index contributed by atoms with van der Waals surface area (Å²) in [6, 6.07) is 4.27. The molecule has 29 heavy (non-hydrogen) atoms. The molecule has 8 nitrogen and oxygen atoms in total. The minimum Gasteiger partial charge on any atom is -0.366 e. The Kier molecular flexibility index (Phi) is 6.45. The molecule has 2 aliphatic rings. The van der Waals surface area contributed by atoms with E-state index in [0.29, 0.717) is 18.7 Å². The van der Waals surface area contributed by atoms with E-state index < -0.39 is 14.8 Å². The lowest BCUT2D eigenvalue weighted by molar-refractivity contribution is -0.384. The molecule has 0 aliphatic carbocycles. The fourth-order valence-electron chi connectivity index (χ4n) is 4.18. The van der Waals surface area contributed by atoms with Crippen molar-refractivity contribution in [1.29, 1.82) is 0 Å². The normalized spacial score (nSPS) is 21.3. The molecule has 0 unspecified atom stereocenters. The van der Waals surface area contributed by atoms with Crippen molar-refractivity contribution in [3.05, 3.63) is 33.9 Å². The Morgan fingerprint density at radius 3 is 2.52 bits per heavy atom. The van der Waals surface area contributed by atoms with Crippen LogP contribution < -0.4 is 4.90 Å². The Bertz CT molecular complexity index is 878. The number of amides is 1. The number of hydrogen-bond donors (Lipinski definition) is 0. The summed E-state index contributed by atoms with van der Waals surface area (Å²) < 4.78 is 23.8. The molecule has 2 aliphatic heterocycles. The third-order valence-electron chi connectivity index (χ3n) is 5.59. The Balaban J connectivity index is 1.91. The van der Waals surface area contributed by atoms with Gasteiger partial charge in [-0.2, -0.15) is 0 Å². The van der Waals surface area contributed by atoms with Crippen LogP contribution in [0.25, 0.3) is 0 Å². The van der Waals surface area contributed by atoms with Crippen molar-refractivity contribution in [2.24, 2.45) is 5.92 Å². The number of sulfone groups is 1. The molecule has 3 rings (SSSR count). The minimum absolute atomic E-state index is 0.0422. The molecule has 0 N–H and O–H groups in total. The van der Waals surface area contributed by atoms with Gasteiger partial charge in [-0.15, -0.1) is 0 Å². The highest BCUT2D eigenvalue weighted by atomic mass is 32.2. The van der Waals surface area contributed by atoms with Gasteiger partial charge in [0.1, 0.15) is 5.69 Å². The van der Waals surface area contributed by atoms with Crippen LogP contribution in [0.5, 0.6) is 0 Å². The van der Waals surface area contributed by atoms with Crippen LogP contribution in [0.4, 0.5) is 11.4 Å². The van der Waals surface area contributed by atoms with Gasteiger partial charge in [-0.25, -0.2) is 8.42 Å². The number of nitro groups is 1. The van der Waals surface area contributed by atoms with E-state index >= 15 is 0 Å². The summed E-state index contributed by atoms with van der Waals surface area (Å²) in [5, 5.41) is 11.7. The molecular weight excluding hydrogens is 394 g/mol. The number of piperidine rings is 1. The molecule has 1 amide bonds. The molecule has 0 radical (unpaired) electrons. The van der Waals surface area contributed by atoms with Gasteiger partial charge in [0.2, 0.25) is 0 Å². The van der Waals surface area contributed by atoms with Gasteiger partial charge in [0, 0.05) is 37.3 Å². The van der Waals surface area contributed by atoms with Crippen molar-refractivity contribution >= 4 is 27.1 Å². The van der Waals surface area contributed by atoms with Crippen molar-refractivity contribution in [1.82, 2.24) is 4.90 Å². The molecule has 2 saturated heterocycles. The molecule has 1 aromatic rings. The van der Waals surface area contributed by atoms with Gasteiger partial charge in [-0.1, -0.05) is 13.8 Å². The van der Waals surface area contributed by atoms with Crippen molar-refractivity contribution in [2.75, 3.05) is 36.0 Å². The second-order valence-corrected chi connectivity index (χ2v) is 10.6. The van der Waals surface area contributed by atoms with Gasteiger partial charge < -0.3 is 9.80 Å². The Hall–Kier alpha value is -2.16. The van der Waals surface area contributed by atoms with Gasteiger partial charge in [-0.05, 0) is 43.7 Å². The molecule has 1 atom stereocenters. The van der Waals surface area contributed by atoms with Gasteiger partial charge >= 0.3 is 0 Å². The number of anilines is 1. The minimum atomic E-state index is -3.14. The number of carbonyl (C=O) groups excluding carboxylic acids is 1. The standard InChI is InChI=1S/C20H29N3O5S/c1-15(2)13-22(17-8-11-29(27,28)14-17)20(24)16-6-7-18(19(12-16)23(25)26)21-9-4-3-5-10-21/h6-7,12,15,17H,3-5,8-11,13-14H2,1-2H3/t17-/m1/s1. The van der Waals surface area contributed by atoms with Crippen LogP contribution in [0, 0.1) is 16.0 Å². The van der Waals surface area contributed by atoms with E-state index in [1.807, 2.05) is 18.7 Å². The first-order valence-electron chi connectivity index (χ1n) is 10.2. The fourth-order valence-corrected chi connectivity index (χ4v) is 5.91. The van der Waals surface area contributed by atoms with E-state index in [9.17, 15) is 23.3 Å². The maximum atomic E-state index is 13.2. The maximum Gasteiger partial charge on any atom is 0.293 e. The highest BCUT2D eigenvalue weighted by molar-refractivity contribution is 7.91. The molecule has 9 heteroatoms. The zero-order valence-electron chi connectivity index (χ0n) is 17.0. The average molecular weight is 424 g/mol. The average Bonchev–Trinajstić information content (AvgIpc) is 3.05. The molecule has 1 aromatic carbocycles. The summed E-state index contributed by atoms with van der Waals surface area (Å²) >= 11 is 0. The second kappa shape index (κ2) is 8.69. The molecule has 160 valence electrons. The largest absolute Gasteiger partial charge is 0.366 e. The smallest absolute Gasteiger partial charge is 0.293 e. The lowest BCUT2D eigenvalue weighted by Crippen LogP contribution is -2.43. The molecule has 0 bridgehead atoms. The first-order valence-corrected chi connectivity index (χ1v) is 12.0. The number of carbonyl (C=O) groups is 1. The predicted molar refractivity (Wildman–Crippen MR) is 112 cm³/mol. The number of rotatable bonds is 6. The Morgan fingerprint density at radius 2 is 1.97 bits per heavy atom. The monoisotopic (exact) mass is 423 g/mol. The lowest BCUT2D eigenvalue weighted by Gasteiger charge is -2.31. The van der Waals surface area contributed by atoms with Crippen LogP contribution in [0.2, 0.25) is 0 Å². The topological polar surface area (TPSA) is 101 Å². The predicted octanol–water partition coefficient (Wildman–Crippen LogP) is 2.87. The molecule has 0 aromatic heterocycles. The fraction of sp³-hybridized carbons (Fsp3) is 0.650. The number of nitrogens with zero attached hydrogens (tertiary/aromatic N) is 3. The van der Waals surface area contributed by atoms with Crippen LogP contribution in [-0.4, -0.2) is 61.3 Å². The van der Waals surface area contributed by atoms with E-state index in [0.717, 1.165) is 32.4 Å². The van der Waals surface area contributed by atoms with Crippen molar-refractivity contribution < 1.29 is 18.1 Å².